The maximum atomic E-state index is 12.7. The van der Waals surface area contributed by atoms with Gasteiger partial charge < -0.3 is 5.11 Å². The van der Waals surface area contributed by atoms with Gasteiger partial charge in [0, 0.05) is 0 Å². The van der Waals surface area contributed by atoms with Crippen LogP contribution in [0.1, 0.15) is 30.9 Å². The van der Waals surface area contributed by atoms with Crippen LogP contribution in [-0.2, 0) is 11.8 Å². The van der Waals surface area contributed by atoms with Gasteiger partial charge in [0.05, 0.1) is 11.2 Å². The van der Waals surface area contributed by atoms with Gasteiger partial charge in [-0.15, -0.1) is 0 Å². The summed E-state index contributed by atoms with van der Waals surface area (Å²) in [6.07, 6.45) is -3.59. The molecule has 0 atom stereocenters. The van der Waals surface area contributed by atoms with E-state index in [1.807, 2.05) is 6.92 Å². The van der Waals surface area contributed by atoms with Crippen LogP contribution in [0.5, 0.6) is 0 Å². The number of halogens is 3. The molecule has 2 rings (SSSR count). The van der Waals surface area contributed by atoms with Gasteiger partial charge in [0.15, 0.2) is 0 Å². The molecule has 1 saturated carbocycles. The fourth-order valence-corrected chi connectivity index (χ4v) is 2.45. The quantitative estimate of drug-likeness (QED) is 0.784. The number of hydrogen-bond donors (Lipinski definition) is 1. The number of rotatable bonds is 1. The van der Waals surface area contributed by atoms with Crippen molar-refractivity contribution in [2.24, 2.45) is 5.92 Å². The van der Waals surface area contributed by atoms with Gasteiger partial charge in [-0.1, -0.05) is 25.1 Å². The van der Waals surface area contributed by atoms with E-state index >= 15 is 0 Å². The lowest BCUT2D eigenvalue weighted by Crippen LogP contribution is -2.41. The van der Waals surface area contributed by atoms with Crippen molar-refractivity contribution in [3.63, 3.8) is 0 Å². The monoisotopic (exact) mass is 230 g/mol. The summed E-state index contributed by atoms with van der Waals surface area (Å²) in [5.74, 6) is 0.284. The Labute approximate surface area is 91.9 Å². The van der Waals surface area contributed by atoms with Gasteiger partial charge in [0.2, 0.25) is 0 Å². The Balaban J connectivity index is 2.42. The maximum Gasteiger partial charge on any atom is 0.416 e. The molecule has 16 heavy (non-hydrogen) atoms. The first-order valence-electron chi connectivity index (χ1n) is 5.22. The number of aliphatic hydroxyl groups is 1. The minimum Gasteiger partial charge on any atom is -0.385 e. The zero-order valence-electron chi connectivity index (χ0n) is 8.88. The van der Waals surface area contributed by atoms with Crippen LogP contribution in [0.15, 0.2) is 24.3 Å². The molecular weight excluding hydrogens is 217 g/mol. The lowest BCUT2D eigenvalue weighted by molar-refractivity contribution is -0.145. The van der Waals surface area contributed by atoms with E-state index < -0.39 is 17.3 Å². The van der Waals surface area contributed by atoms with Gasteiger partial charge in [0.1, 0.15) is 0 Å². The normalized spacial score (nSPS) is 29.9. The fourth-order valence-electron chi connectivity index (χ4n) is 2.45. The third-order valence-corrected chi connectivity index (χ3v) is 3.11. The molecule has 1 aromatic rings. The maximum absolute atomic E-state index is 12.7. The highest BCUT2D eigenvalue weighted by molar-refractivity contribution is 5.36. The first-order chi connectivity index (χ1) is 7.33. The molecule has 1 aliphatic rings. The van der Waals surface area contributed by atoms with Crippen LogP contribution in [0, 0.1) is 5.92 Å². The van der Waals surface area contributed by atoms with Crippen molar-refractivity contribution in [3.05, 3.63) is 35.4 Å². The number of benzene rings is 1. The van der Waals surface area contributed by atoms with Gasteiger partial charge >= 0.3 is 6.18 Å². The molecule has 1 fully saturated rings. The predicted octanol–water partition coefficient (Wildman–Crippen LogP) is 3.32. The van der Waals surface area contributed by atoms with Crippen LogP contribution in [0.4, 0.5) is 13.2 Å². The SMILES string of the molecule is CC1CC(O)(c2ccccc2C(F)(F)F)C1. The summed E-state index contributed by atoms with van der Waals surface area (Å²) in [6.45, 7) is 1.92. The van der Waals surface area contributed by atoms with E-state index in [1.165, 1.54) is 18.2 Å². The summed E-state index contributed by atoms with van der Waals surface area (Å²) in [5.41, 5.74) is -1.99. The zero-order chi connectivity index (χ0) is 12.0. The number of hydrogen-bond acceptors (Lipinski definition) is 1. The third kappa shape index (κ3) is 1.82. The summed E-state index contributed by atoms with van der Waals surface area (Å²) in [6, 6.07) is 5.27. The summed E-state index contributed by atoms with van der Waals surface area (Å²) in [4.78, 5) is 0. The third-order valence-electron chi connectivity index (χ3n) is 3.11. The van der Waals surface area contributed by atoms with Gasteiger partial charge in [-0.2, -0.15) is 13.2 Å². The van der Waals surface area contributed by atoms with Gasteiger partial charge in [-0.25, -0.2) is 0 Å². The van der Waals surface area contributed by atoms with E-state index in [9.17, 15) is 18.3 Å². The molecule has 0 saturated heterocycles. The second-order valence-electron chi connectivity index (χ2n) is 4.59. The lowest BCUT2D eigenvalue weighted by Gasteiger charge is -2.43. The average molecular weight is 230 g/mol. The standard InChI is InChI=1S/C12H13F3O/c1-8-6-11(16,7-8)9-4-2-3-5-10(9)12(13,14)15/h2-5,8,16H,6-7H2,1H3. The Morgan fingerprint density at radius 3 is 2.31 bits per heavy atom. The van der Waals surface area contributed by atoms with E-state index in [-0.39, 0.29) is 11.5 Å². The summed E-state index contributed by atoms with van der Waals surface area (Å²) >= 11 is 0. The van der Waals surface area contributed by atoms with Crippen molar-refractivity contribution in [2.45, 2.75) is 31.5 Å². The molecule has 88 valence electrons. The van der Waals surface area contributed by atoms with Crippen molar-refractivity contribution >= 4 is 0 Å². The van der Waals surface area contributed by atoms with E-state index in [1.54, 1.807) is 0 Å². The zero-order valence-corrected chi connectivity index (χ0v) is 8.88. The molecule has 0 spiro atoms. The van der Waals surface area contributed by atoms with Crippen LogP contribution < -0.4 is 0 Å². The van der Waals surface area contributed by atoms with Crippen LogP contribution >= 0.6 is 0 Å². The molecular formula is C12H13F3O. The van der Waals surface area contributed by atoms with Crippen molar-refractivity contribution in [3.8, 4) is 0 Å². The molecule has 0 bridgehead atoms. The van der Waals surface area contributed by atoms with E-state index in [4.69, 9.17) is 0 Å². The van der Waals surface area contributed by atoms with Gasteiger partial charge in [0.25, 0.3) is 0 Å². The van der Waals surface area contributed by atoms with Crippen LogP contribution in [-0.4, -0.2) is 5.11 Å². The first-order valence-corrected chi connectivity index (χ1v) is 5.22. The number of alkyl halides is 3. The van der Waals surface area contributed by atoms with Crippen LogP contribution in [0.25, 0.3) is 0 Å². The fraction of sp³-hybridized carbons (Fsp3) is 0.500. The Morgan fingerprint density at radius 2 is 1.81 bits per heavy atom. The van der Waals surface area contributed by atoms with Gasteiger partial charge in [-0.3, -0.25) is 0 Å². The van der Waals surface area contributed by atoms with E-state index in [2.05, 4.69) is 0 Å². The minimum absolute atomic E-state index is 0.0144. The van der Waals surface area contributed by atoms with Crippen molar-refractivity contribution in [1.29, 1.82) is 0 Å². The summed E-state index contributed by atoms with van der Waals surface area (Å²) < 4.78 is 38.2. The molecule has 1 aromatic carbocycles. The topological polar surface area (TPSA) is 20.2 Å². The smallest absolute Gasteiger partial charge is 0.385 e. The predicted molar refractivity (Wildman–Crippen MR) is 53.7 cm³/mol. The van der Waals surface area contributed by atoms with E-state index in [0.717, 1.165) is 6.07 Å². The Hall–Kier alpha value is -1.03. The molecule has 1 N–H and O–H groups in total. The highest BCUT2D eigenvalue weighted by atomic mass is 19.4. The van der Waals surface area contributed by atoms with Crippen LogP contribution in [0.3, 0.4) is 0 Å². The molecule has 0 amide bonds. The highest BCUT2D eigenvalue weighted by Gasteiger charge is 2.46. The second-order valence-corrected chi connectivity index (χ2v) is 4.59. The molecule has 0 aliphatic heterocycles. The Morgan fingerprint density at radius 1 is 1.25 bits per heavy atom. The molecule has 0 aromatic heterocycles. The molecule has 1 nitrogen and oxygen atoms in total. The Kier molecular flexibility index (Phi) is 2.49. The van der Waals surface area contributed by atoms with Crippen molar-refractivity contribution < 1.29 is 18.3 Å². The molecule has 0 radical (unpaired) electrons. The highest BCUT2D eigenvalue weighted by Crippen LogP contribution is 2.48. The second kappa shape index (κ2) is 3.48. The van der Waals surface area contributed by atoms with Crippen molar-refractivity contribution in [1.82, 2.24) is 0 Å². The Bertz CT molecular complexity index is 391. The van der Waals surface area contributed by atoms with Gasteiger partial charge in [-0.05, 0) is 30.4 Å². The molecule has 0 unspecified atom stereocenters. The van der Waals surface area contributed by atoms with Crippen LogP contribution in [0.2, 0.25) is 0 Å². The van der Waals surface area contributed by atoms with Crippen molar-refractivity contribution in [2.75, 3.05) is 0 Å². The lowest BCUT2D eigenvalue weighted by atomic mass is 9.67. The first kappa shape index (κ1) is 11.5. The van der Waals surface area contributed by atoms with E-state index in [0.29, 0.717) is 12.8 Å². The molecule has 0 heterocycles. The minimum atomic E-state index is -4.40. The molecule has 1 aliphatic carbocycles. The molecule has 4 heteroatoms. The largest absolute Gasteiger partial charge is 0.416 e. The average Bonchev–Trinajstić information content (AvgIpc) is 2.14. The summed E-state index contributed by atoms with van der Waals surface area (Å²) in [7, 11) is 0. The summed E-state index contributed by atoms with van der Waals surface area (Å²) in [5, 5.41) is 10.1.